The van der Waals surface area contributed by atoms with Crippen LogP contribution in [0.2, 0.25) is 0 Å². The number of hydrogen-bond acceptors (Lipinski definition) is 4. The van der Waals surface area contributed by atoms with Crippen LogP contribution in [0.4, 0.5) is 0 Å². The first kappa shape index (κ1) is 11.8. The molecule has 0 spiro atoms. The van der Waals surface area contributed by atoms with Gasteiger partial charge in [-0.3, -0.25) is 14.5 Å². The molecular weight excluding hydrogens is 220 g/mol. The average molecular weight is 234 g/mol. The highest BCUT2D eigenvalue weighted by molar-refractivity contribution is 6.21. The predicted octanol–water partition coefficient (Wildman–Crippen LogP) is -0.00770. The molecule has 1 unspecified atom stereocenters. The van der Waals surface area contributed by atoms with Crippen LogP contribution in [0.3, 0.4) is 0 Å². The van der Waals surface area contributed by atoms with E-state index in [9.17, 15) is 14.7 Å². The molecule has 90 valence electrons. The van der Waals surface area contributed by atoms with Crippen LogP contribution >= 0.6 is 0 Å². The fourth-order valence-corrected chi connectivity index (χ4v) is 1.84. The molecule has 0 fully saturated rings. The van der Waals surface area contributed by atoms with E-state index >= 15 is 0 Å². The van der Waals surface area contributed by atoms with Crippen molar-refractivity contribution in [3.05, 3.63) is 35.4 Å². The summed E-state index contributed by atoms with van der Waals surface area (Å²) in [7, 11) is 0. The summed E-state index contributed by atoms with van der Waals surface area (Å²) in [6, 6.07) is 6.72. The molecule has 3 N–H and O–H groups in total. The summed E-state index contributed by atoms with van der Waals surface area (Å²) in [5.74, 6) is -0.593. The van der Waals surface area contributed by atoms with E-state index in [1.54, 1.807) is 24.3 Å². The lowest BCUT2D eigenvalue weighted by Crippen LogP contribution is -2.34. The largest absolute Gasteiger partial charge is 0.392 e. The second-order valence-corrected chi connectivity index (χ2v) is 3.99. The lowest BCUT2D eigenvalue weighted by Gasteiger charge is -2.15. The standard InChI is InChI=1S/C12H14N2O3/c13-7-8(15)5-6-14-11(16)9-3-1-2-4-10(9)12(14)17/h1-4,8,15H,5-7,13H2. The molecule has 1 aliphatic rings. The molecule has 0 saturated heterocycles. The summed E-state index contributed by atoms with van der Waals surface area (Å²) in [4.78, 5) is 25.0. The highest BCUT2D eigenvalue weighted by atomic mass is 16.3. The van der Waals surface area contributed by atoms with Crippen molar-refractivity contribution in [1.29, 1.82) is 0 Å². The Hall–Kier alpha value is -1.72. The molecule has 0 radical (unpaired) electrons. The van der Waals surface area contributed by atoms with Crippen molar-refractivity contribution in [2.45, 2.75) is 12.5 Å². The van der Waals surface area contributed by atoms with Gasteiger partial charge in [-0.05, 0) is 18.6 Å². The van der Waals surface area contributed by atoms with Crippen molar-refractivity contribution >= 4 is 11.8 Å². The second-order valence-electron chi connectivity index (χ2n) is 3.99. The number of carbonyl (C=O) groups is 2. The second kappa shape index (κ2) is 4.65. The van der Waals surface area contributed by atoms with Crippen molar-refractivity contribution in [3.8, 4) is 0 Å². The maximum atomic E-state index is 11.9. The van der Waals surface area contributed by atoms with E-state index in [0.29, 0.717) is 17.5 Å². The number of carbonyl (C=O) groups excluding carboxylic acids is 2. The van der Waals surface area contributed by atoms with Gasteiger partial charge in [0, 0.05) is 13.1 Å². The van der Waals surface area contributed by atoms with Gasteiger partial charge in [0.25, 0.3) is 11.8 Å². The van der Waals surface area contributed by atoms with Crippen LogP contribution in [0.15, 0.2) is 24.3 Å². The van der Waals surface area contributed by atoms with E-state index in [4.69, 9.17) is 5.73 Å². The monoisotopic (exact) mass is 234 g/mol. The van der Waals surface area contributed by atoms with Gasteiger partial charge in [-0.15, -0.1) is 0 Å². The quantitative estimate of drug-likeness (QED) is 0.718. The zero-order valence-electron chi connectivity index (χ0n) is 9.30. The number of imide groups is 1. The molecule has 17 heavy (non-hydrogen) atoms. The first-order valence-electron chi connectivity index (χ1n) is 5.48. The van der Waals surface area contributed by atoms with E-state index in [1.165, 1.54) is 0 Å². The lowest BCUT2D eigenvalue weighted by molar-refractivity contribution is 0.0625. The lowest BCUT2D eigenvalue weighted by atomic mass is 10.1. The van der Waals surface area contributed by atoms with Gasteiger partial charge >= 0.3 is 0 Å². The Morgan fingerprint density at radius 1 is 1.18 bits per heavy atom. The number of aliphatic hydroxyl groups excluding tert-OH is 1. The molecule has 1 aliphatic heterocycles. The molecule has 0 aliphatic carbocycles. The zero-order valence-corrected chi connectivity index (χ0v) is 9.30. The fraction of sp³-hybridized carbons (Fsp3) is 0.333. The third-order valence-corrected chi connectivity index (χ3v) is 2.84. The number of fused-ring (bicyclic) bond motifs is 1. The Morgan fingerprint density at radius 3 is 2.18 bits per heavy atom. The van der Waals surface area contributed by atoms with Crippen LogP contribution in [-0.4, -0.2) is 41.0 Å². The Kier molecular flexibility index (Phi) is 3.21. The highest BCUT2D eigenvalue weighted by Crippen LogP contribution is 2.22. The van der Waals surface area contributed by atoms with Crippen LogP contribution in [-0.2, 0) is 0 Å². The highest BCUT2D eigenvalue weighted by Gasteiger charge is 2.34. The van der Waals surface area contributed by atoms with Gasteiger partial charge in [-0.2, -0.15) is 0 Å². The summed E-state index contributed by atoms with van der Waals surface area (Å²) in [5, 5.41) is 9.33. The molecule has 5 heteroatoms. The maximum Gasteiger partial charge on any atom is 0.261 e. The maximum absolute atomic E-state index is 11.9. The predicted molar refractivity (Wildman–Crippen MR) is 61.5 cm³/mol. The summed E-state index contributed by atoms with van der Waals surface area (Å²) in [5.41, 5.74) is 6.13. The Bertz CT molecular complexity index is 424. The minimum atomic E-state index is -0.681. The van der Waals surface area contributed by atoms with Gasteiger partial charge in [0.1, 0.15) is 0 Å². The minimum Gasteiger partial charge on any atom is -0.392 e. The number of hydrogen-bond donors (Lipinski definition) is 2. The van der Waals surface area contributed by atoms with Gasteiger partial charge in [-0.25, -0.2) is 0 Å². The molecule has 0 bridgehead atoms. The van der Waals surface area contributed by atoms with Gasteiger partial charge < -0.3 is 10.8 Å². The van der Waals surface area contributed by atoms with E-state index in [1.807, 2.05) is 0 Å². The summed E-state index contributed by atoms with van der Waals surface area (Å²) in [6.45, 7) is 0.327. The number of nitrogens with zero attached hydrogens (tertiary/aromatic N) is 1. The Labute approximate surface area is 98.8 Å². The Morgan fingerprint density at radius 2 is 1.71 bits per heavy atom. The number of nitrogens with two attached hydrogens (primary N) is 1. The topological polar surface area (TPSA) is 83.6 Å². The number of aliphatic hydroxyl groups is 1. The zero-order chi connectivity index (χ0) is 12.4. The smallest absolute Gasteiger partial charge is 0.261 e. The summed E-state index contributed by atoms with van der Waals surface area (Å²) >= 11 is 0. The van der Waals surface area contributed by atoms with Gasteiger partial charge in [0.05, 0.1) is 17.2 Å². The van der Waals surface area contributed by atoms with Crippen LogP contribution in [0.25, 0.3) is 0 Å². The Balaban J connectivity index is 2.13. The van der Waals surface area contributed by atoms with E-state index in [2.05, 4.69) is 0 Å². The van der Waals surface area contributed by atoms with E-state index in [-0.39, 0.29) is 24.9 Å². The molecule has 1 aromatic carbocycles. The number of rotatable bonds is 4. The molecule has 1 aromatic rings. The molecule has 1 atom stereocenters. The molecule has 5 nitrogen and oxygen atoms in total. The molecule has 1 heterocycles. The third kappa shape index (κ3) is 2.07. The van der Waals surface area contributed by atoms with Crippen molar-refractivity contribution < 1.29 is 14.7 Å². The van der Waals surface area contributed by atoms with Crippen molar-refractivity contribution in [2.24, 2.45) is 5.73 Å². The van der Waals surface area contributed by atoms with Crippen LogP contribution in [0.1, 0.15) is 27.1 Å². The fourth-order valence-electron chi connectivity index (χ4n) is 1.84. The van der Waals surface area contributed by atoms with Gasteiger partial charge in [0.2, 0.25) is 0 Å². The number of amides is 2. The summed E-state index contributed by atoms with van der Waals surface area (Å²) < 4.78 is 0. The SMILES string of the molecule is NCC(O)CCN1C(=O)c2ccccc2C1=O. The van der Waals surface area contributed by atoms with Crippen LogP contribution in [0.5, 0.6) is 0 Å². The molecule has 2 amide bonds. The minimum absolute atomic E-state index is 0.128. The first-order valence-corrected chi connectivity index (χ1v) is 5.48. The average Bonchev–Trinajstić information content (AvgIpc) is 2.60. The first-order chi connectivity index (χ1) is 8.15. The van der Waals surface area contributed by atoms with Crippen molar-refractivity contribution in [1.82, 2.24) is 4.90 Å². The van der Waals surface area contributed by atoms with Crippen LogP contribution < -0.4 is 5.73 Å². The number of benzene rings is 1. The van der Waals surface area contributed by atoms with E-state index in [0.717, 1.165) is 4.90 Å². The molecule has 2 rings (SSSR count). The molecule has 0 saturated carbocycles. The molecular formula is C12H14N2O3. The molecule has 0 aromatic heterocycles. The normalized spacial score (nSPS) is 16.2. The summed E-state index contributed by atoms with van der Waals surface area (Å²) in [6.07, 6.45) is -0.374. The van der Waals surface area contributed by atoms with Gasteiger partial charge in [0.15, 0.2) is 0 Å². The van der Waals surface area contributed by atoms with E-state index < -0.39 is 6.10 Å². The van der Waals surface area contributed by atoms with Crippen LogP contribution in [0, 0.1) is 0 Å². The van der Waals surface area contributed by atoms with Crippen molar-refractivity contribution in [2.75, 3.05) is 13.1 Å². The van der Waals surface area contributed by atoms with Crippen molar-refractivity contribution in [3.63, 3.8) is 0 Å². The van der Waals surface area contributed by atoms with Gasteiger partial charge in [-0.1, -0.05) is 12.1 Å². The third-order valence-electron chi connectivity index (χ3n) is 2.84.